The van der Waals surface area contributed by atoms with Crippen LogP contribution >= 0.6 is 0 Å². The second-order valence-electron chi connectivity index (χ2n) is 8.74. The summed E-state index contributed by atoms with van der Waals surface area (Å²) >= 11 is 0. The zero-order valence-electron chi connectivity index (χ0n) is 19.7. The van der Waals surface area contributed by atoms with E-state index in [1.807, 2.05) is 42.5 Å². The normalized spacial score (nSPS) is 12.1. The van der Waals surface area contributed by atoms with Crippen molar-refractivity contribution in [1.29, 1.82) is 0 Å². The number of nitrogens with one attached hydrogen (secondary N) is 1. The number of rotatable bonds is 7. The summed E-state index contributed by atoms with van der Waals surface area (Å²) in [5.74, 6) is -0.795. The molecule has 5 rings (SSSR count). The van der Waals surface area contributed by atoms with Crippen molar-refractivity contribution in [2.75, 3.05) is 0 Å². The van der Waals surface area contributed by atoms with Crippen LogP contribution < -0.4 is 10.9 Å². The first-order valence-electron chi connectivity index (χ1n) is 11.6. The Bertz CT molecular complexity index is 1640. The Kier molecular flexibility index (Phi) is 6.23. The van der Waals surface area contributed by atoms with Crippen LogP contribution in [0.15, 0.2) is 90.0 Å². The molecule has 7 nitrogen and oxygen atoms in total. The third-order valence-corrected chi connectivity index (χ3v) is 6.54. The van der Waals surface area contributed by atoms with Crippen LogP contribution in [0.4, 0.5) is 0 Å². The largest absolute Gasteiger partial charge is 0.508 e. The first-order valence-corrected chi connectivity index (χ1v) is 11.6. The van der Waals surface area contributed by atoms with Crippen LogP contribution in [0.2, 0.25) is 0 Å². The van der Waals surface area contributed by atoms with Gasteiger partial charge in [-0.1, -0.05) is 42.5 Å². The average molecular weight is 480 g/mol. The second-order valence-corrected chi connectivity index (χ2v) is 8.74. The van der Waals surface area contributed by atoms with Crippen molar-refractivity contribution in [3.05, 3.63) is 112 Å². The zero-order chi connectivity index (χ0) is 25.2. The summed E-state index contributed by atoms with van der Waals surface area (Å²) in [4.78, 5) is 30.8. The summed E-state index contributed by atoms with van der Waals surface area (Å²) in [5.41, 5.74) is 1.23. The fourth-order valence-electron chi connectivity index (χ4n) is 4.69. The quantitative estimate of drug-likeness (QED) is 0.295. The molecule has 1 atom stereocenters. The molecule has 0 bridgehead atoms. The lowest BCUT2D eigenvalue weighted by molar-refractivity contribution is 0.0964. The summed E-state index contributed by atoms with van der Waals surface area (Å²) < 4.78 is 1.37. The number of aromatic nitrogens is 2. The summed E-state index contributed by atoms with van der Waals surface area (Å²) in [7, 11) is 1.58. The number of aryl methyl sites for hydroxylation is 1. The molecule has 0 aliphatic rings. The number of phenolic OH excluding ortho intramolecular Hbond substituents is 1. The van der Waals surface area contributed by atoms with Crippen molar-refractivity contribution in [2.24, 2.45) is 7.05 Å². The predicted molar refractivity (Wildman–Crippen MR) is 139 cm³/mol. The molecule has 0 saturated heterocycles. The standard InChI is InChI=1S/C29H25N3O4/c1-32-23-9-5-4-8-21(23)28(35)27(29(32)36)25(34)16-22(31-17-18-12-14-30-15-13-18)26-20-7-3-2-6-19(20)10-11-24(26)33/h2-15,22,31,33,35H,16-17H2,1H3/t22-/m0/s1. The van der Waals surface area contributed by atoms with Crippen molar-refractivity contribution >= 4 is 27.5 Å². The number of nitrogens with zero attached hydrogens (tertiary/aromatic N) is 2. The van der Waals surface area contributed by atoms with E-state index in [2.05, 4.69) is 10.3 Å². The number of carbonyl (C=O) groups excluding carboxylic acids is 1. The number of para-hydroxylation sites is 1. The first kappa shape index (κ1) is 23.3. The molecule has 0 aliphatic carbocycles. The van der Waals surface area contributed by atoms with E-state index in [0.717, 1.165) is 16.3 Å². The van der Waals surface area contributed by atoms with E-state index in [-0.39, 0.29) is 23.5 Å². The van der Waals surface area contributed by atoms with Crippen molar-refractivity contribution in [2.45, 2.75) is 19.0 Å². The van der Waals surface area contributed by atoms with Crippen LogP contribution in [0.5, 0.6) is 11.5 Å². The number of hydrogen-bond acceptors (Lipinski definition) is 6. The number of fused-ring (bicyclic) bond motifs is 2. The molecular formula is C29H25N3O4. The van der Waals surface area contributed by atoms with Gasteiger partial charge in [-0.15, -0.1) is 0 Å². The van der Waals surface area contributed by atoms with E-state index in [0.29, 0.717) is 23.0 Å². The topological polar surface area (TPSA) is 104 Å². The van der Waals surface area contributed by atoms with Crippen LogP contribution in [-0.2, 0) is 13.6 Å². The van der Waals surface area contributed by atoms with Gasteiger partial charge in [0.2, 0.25) is 0 Å². The SMILES string of the molecule is Cn1c(=O)c(C(=O)C[C@H](NCc2ccncc2)c2c(O)ccc3ccccc23)c(O)c2ccccc21. The molecule has 2 aromatic heterocycles. The number of ketones is 1. The van der Waals surface area contributed by atoms with Gasteiger partial charge in [-0.3, -0.25) is 14.6 Å². The van der Waals surface area contributed by atoms with Crippen LogP contribution in [0.1, 0.15) is 33.9 Å². The molecule has 0 aliphatic heterocycles. The molecule has 7 heteroatoms. The fraction of sp³-hybridized carbons (Fsp3) is 0.138. The molecule has 180 valence electrons. The van der Waals surface area contributed by atoms with Crippen molar-refractivity contribution in [3.8, 4) is 11.5 Å². The zero-order valence-corrected chi connectivity index (χ0v) is 19.7. The highest BCUT2D eigenvalue weighted by Crippen LogP contribution is 2.36. The lowest BCUT2D eigenvalue weighted by Gasteiger charge is -2.22. The third kappa shape index (κ3) is 4.21. The lowest BCUT2D eigenvalue weighted by Crippen LogP contribution is -2.29. The van der Waals surface area contributed by atoms with Gasteiger partial charge >= 0.3 is 0 Å². The second kappa shape index (κ2) is 9.64. The molecule has 0 unspecified atom stereocenters. The van der Waals surface area contributed by atoms with Crippen molar-refractivity contribution in [1.82, 2.24) is 14.9 Å². The van der Waals surface area contributed by atoms with Crippen molar-refractivity contribution < 1.29 is 15.0 Å². The van der Waals surface area contributed by atoms with E-state index >= 15 is 0 Å². The number of hydrogen-bond donors (Lipinski definition) is 3. The minimum absolute atomic E-state index is 0.0457. The summed E-state index contributed by atoms with van der Waals surface area (Å²) in [6.45, 7) is 0.408. The van der Waals surface area contributed by atoms with Crippen LogP contribution in [0.25, 0.3) is 21.7 Å². The Morgan fingerprint density at radius 3 is 2.42 bits per heavy atom. The molecule has 0 saturated carbocycles. The van der Waals surface area contributed by atoms with E-state index < -0.39 is 17.4 Å². The number of phenols is 1. The van der Waals surface area contributed by atoms with Crippen LogP contribution in [0.3, 0.4) is 0 Å². The lowest BCUT2D eigenvalue weighted by atomic mass is 9.92. The summed E-state index contributed by atoms with van der Waals surface area (Å²) in [5, 5.41) is 27.3. The van der Waals surface area contributed by atoms with Gasteiger partial charge in [-0.25, -0.2) is 0 Å². The molecule has 3 aromatic carbocycles. The highest BCUT2D eigenvalue weighted by atomic mass is 16.3. The molecular weight excluding hydrogens is 454 g/mol. The maximum absolute atomic E-state index is 13.6. The van der Waals surface area contributed by atoms with Gasteiger partial charge in [0.05, 0.1) is 5.52 Å². The third-order valence-electron chi connectivity index (χ3n) is 6.54. The summed E-state index contributed by atoms with van der Waals surface area (Å²) in [6.07, 6.45) is 3.22. The maximum atomic E-state index is 13.6. The number of aromatic hydroxyl groups is 2. The first-order chi connectivity index (χ1) is 17.5. The van der Waals surface area contributed by atoms with Crippen molar-refractivity contribution in [3.63, 3.8) is 0 Å². The van der Waals surface area contributed by atoms with Crippen LogP contribution in [0, 0.1) is 0 Å². The van der Waals surface area contributed by atoms with Gasteiger partial charge < -0.3 is 20.1 Å². The van der Waals surface area contributed by atoms with E-state index in [4.69, 9.17) is 0 Å². The molecule has 0 spiro atoms. The van der Waals surface area contributed by atoms with E-state index in [1.165, 1.54) is 4.57 Å². The Hall–Kier alpha value is -4.49. The number of pyridine rings is 2. The number of benzene rings is 3. The van der Waals surface area contributed by atoms with Gasteiger partial charge in [-0.2, -0.15) is 0 Å². The Morgan fingerprint density at radius 2 is 1.64 bits per heavy atom. The maximum Gasteiger partial charge on any atom is 0.265 e. The van der Waals surface area contributed by atoms with E-state index in [1.54, 1.807) is 49.8 Å². The summed E-state index contributed by atoms with van der Waals surface area (Å²) in [6, 6.07) is 21.0. The van der Waals surface area contributed by atoms with Gasteiger partial charge in [0.1, 0.15) is 17.1 Å². The average Bonchev–Trinajstić information content (AvgIpc) is 2.90. The van der Waals surface area contributed by atoms with Crippen LogP contribution in [-0.4, -0.2) is 25.5 Å². The molecule has 3 N–H and O–H groups in total. The number of Topliss-reactive ketones (excluding diaryl/α,β-unsaturated/α-hetero) is 1. The predicted octanol–water partition coefficient (Wildman–Crippen LogP) is 4.60. The smallest absolute Gasteiger partial charge is 0.265 e. The van der Waals surface area contributed by atoms with Gasteiger partial charge in [0.15, 0.2) is 5.78 Å². The fourth-order valence-corrected chi connectivity index (χ4v) is 4.69. The van der Waals surface area contributed by atoms with Gasteiger partial charge in [-0.05, 0) is 46.7 Å². The highest BCUT2D eigenvalue weighted by Gasteiger charge is 2.27. The highest BCUT2D eigenvalue weighted by molar-refractivity contribution is 6.04. The molecule has 0 fully saturated rings. The Balaban J connectivity index is 1.59. The van der Waals surface area contributed by atoms with E-state index in [9.17, 15) is 19.8 Å². The molecule has 2 heterocycles. The minimum Gasteiger partial charge on any atom is -0.508 e. The Labute approximate surface area is 207 Å². The molecule has 5 aromatic rings. The minimum atomic E-state index is -0.632. The molecule has 0 amide bonds. The van der Waals surface area contributed by atoms with Gasteiger partial charge in [0.25, 0.3) is 5.56 Å². The monoisotopic (exact) mass is 479 g/mol. The Morgan fingerprint density at radius 1 is 0.944 bits per heavy atom. The molecule has 0 radical (unpaired) electrons. The molecule has 36 heavy (non-hydrogen) atoms. The van der Waals surface area contributed by atoms with Gasteiger partial charge in [0, 0.05) is 49.4 Å². The number of carbonyl (C=O) groups is 1.